The van der Waals surface area contributed by atoms with Crippen molar-refractivity contribution in [3.05, 3.63) is 47.7 Å². The fraction of sp³-hybridized carbons (Fsp3) is 0.625. The normalized spacial score (nSPS) is 18.4. The average Bonchev–Trinajstić information content (AvgIpc) is 3.66. The Kier molecular flexibility index (Phi) is 17.7. The quantitative estimate of drug-likeness (QED) is 0.0657. The number of nitrogens with one attached hydrogen (secondary N) is 1. The zero-order valence-electron chi connectivity index (χ0n) is 31.5. The molecule has 294 valence electrons. The molecule has 0 bridgehead atoms. The van der Waals surface area contributed by atoms with Gasteiger partial charge in [-0.1, -0.05) is 98.3 Å². The second-order valence-corrected chi connectivity index (χ2v) is 17.3. The second kappa shape index (κ2) is 20.9. The zero-order chi connectivity index (χ0) is 39.3. The number of aliphatic hydroxyl groups is 1. The molecule has 3 rings (SSSR count). The summed E-state index contributed by atoms with van der Waals surface area (Å²) in [6.07, 6.45) is 8.16. The van der Waals surface area contributed by atoms with Gasteiger partial charge in [0.1, 0.15) is 18.4 Å². The number of alkyl halides is 3. The predicted molar refractivity (Wildman–Crippen MR) is 211 cm³/mol. The number of hydrogen-bond donors (Lipinski definition) is 3. The lowest BCUT2D eigenvalue weighted by Gasteiger charge is -2.31. The maximum absolute atomic E-state index is 14.0. The van der Waals surface area contributed by atoms with Crippen molar-refractivity contribution in [3.63, 3.8) is 0 Å². The minimum Gasteiger partial charge on any atom is -0.460 e. The van der Waals surface area contributed by atoms with Gasteiger partial charge in [-0.15, -0.1) is 0 Å². The number of halogens is 3. The number of rotatable bonds is 21. The van der Waals surface area contributed by atoms with Crippen LogP contribution >= 0.6 is 34.8 Å². The van der Waals surface area contributed by atoms with E-state index in [2.05, 4.69) is 10.3 Å². The molecule has 1 aromatic heterocycles. The van der Waals surface area contributed by atoms with Crippen LogP contribution in [-0.2, 0) is 28.7 Å². The minimum absolute atomic E-state index is 0.00295. The van der Waals surface area contributed by atoms with Crippen molar-refractivity contribution in [1.82, 2.24) is 10.3 Å². The van der Waals surface area contributed by atoms with E-state index in [9.17, 15) is 24.3 Å². The van der Waals surface area contributed by atoms with Gasteiger partial charge in [0.05, 0.1) is 30.0 Å². The Morgan fingerprint density at radius 2 is 1.74 bits per heavy atom. The van der Waals surface area contributed by atoms with Gasteiger partial charge in [-0.05, 0) is 70.1 Å². The maximum Gasteiger partial charge on any atom is 0.323 e. The van der Waals surface area contributed by atoms with E-state index >= 15 is 0 Å². The summed E-state index contributed by atoms with van der Waals surface area (Å²) in [4.78, 5) is 56.9. The molecular formula is C40H56Cl3N3O7. The van der Waals surface area contributed by atoms with Gasteiger partial charge in [0, 0.05) is 42.1 Å². The van der Waals surface area contributed by atoms with E-state index in [-0.39, 0.29) is 42.3 Å². The number of unbranched alkanes of at least 4 members (excludes halogenated alkanes) is 3. The van der Waals surface area contributed by atoms with Crippen LogP contribution < -0.4 is 11.1 Å². The number of hydrogen-bond acceptors (Lipinski definition) is 9. The Balaban J connectivity index is 1.52. The van der Waals surface area contributed by atoms with Crippen LogP contribution in [0.3, 0.4) is 0 Å². The molecule has 0 radical (unpaired) electrons. The molecular weight excluding hydrogens is 741 g/mol. The molecule has 1 fully saturated rings. The van der Waals surface area contributed by atoms with Crippen LogP contribution in [0.2, 0.25) is 0 Å². The van der Waals surface area contributed by atoms with Crippen LogP contribution in [0.25, 0.3) is 17.0 Å². The van der Waals surface area contributed by atoms with E-state index in [4.69, 9.17) is 50.0 Å². The number of pyridine rings is 1. The number of aliphatic hydroxyl groups excluding tert-OH is 1. The summed E-state index contributed by atoms with van der Waals surface area (Å²) >= 11 is 16.8. The van der Waals surface area contributed by atoms with Crippen molar-refractivity contribution >= 4 is 75.2 Å². The summed E-state index contributed by atoms with van der Waals surface area (Å²) in [6, 6.07) is 8.18. The molecule has 6 atom stereocenters. The van der Waals surface area contributed by atoms with Crippen molar-refractivity contribution in [2.24, 2.45) is 28.9 Å². The first-order valence-electron chi connectivity index (χ1n) is 18.6. The van der Waals surface area contributed by atoms with Crippen molar-refractivity contribution in [1.29, 1.82) is 0 Å². The number of aromatic nitrogens is 1. The smallest absolute Gasteiger partial charge is 0.323 e. The molecule has 1 aromatic carbocycles. The number of nitrogens with zero attached hydrogens (tertiary/aromatic N) is 1. The van der Waals surface area contributed by atoms with E-state index in [1.165, 1.54) is 0 Å². The van der Waals surface area contributed by atoms with E-state index in [1.807, 2.05) is 63.3 Å². The Morgan fingerprint density at radius 3 is 2.38 bits per heavy atom. The Hall–Kier alpha value is -2.60. The highest BCUT2D eigenvalue weighted by molar-refractivity contribution is 6.67. The summed E-state index contributed by atoms with van der Waals surface area (Å²) in [7, 11) is 0. The molecule has 0 aliphatic carbocycles. The Bertz CT molecular complexity index is 1570. The first-order chi connectivity index (χ1) is 24.9. The van der Waals surface area contributed by atoms with Crippen LogP contribution in [0.15, 0.2) is 36.4 Å². The number of amides is 1. The third-order valence-corrected chi connectivity index (χ3v) is 10.5. The van der Waals surface area contributed by atoms with Crippen LogP contribution in [0, 0.1) is 23.2 Å². The zero-order valence-corrected chi connectivity index (χ0v) is 33.8. The predicted octanol–water partition coefficient (Wildman–Crippen LogP) is 7.62. The first-order valence-corrected chi connectivity index (χ1v) is 19.8. The van der Waals surface area contributed by atoms with E-state index in [0.717, 1.165) is 35.7 Å². The van der Waals surface area contributed by atoms with Crippen molar-refractivity contribution in [2.45, 2.75) is 114 Å². The Morgan fingerprint density at radius 1 is 1.04 bits per heavy atom. The van der Waals surface area contributed by atoms with E-state index in [1.54, 1.807) is 13.8 Å². The SMILES string of the molecule is CC(NC(=O)C(CCC(=O)C(C)(C=Cc1ccc2ccc(C(C)O)nc2c1)C1CCOC1)C(C)C)C(=O)CCCCCCC(N)C(=O)OCC(Cl)(Cl)Cl. The van der Waals surface area contributed by atoms with Crippen LogP contribution in [0.5, 0.6) is 0 Å². The fourth-order valence-corrected chi connectivity index (χ4v) is 6.72. The average molecular weight is 797 g/mol. The number of allylic oxidation sites excluding steroid dienone is 1. The summed E-state index contributed by atoms with van der Waals surface area (Å²) in [5, 5.41) is 13.8. The molecule has 1 amide bonds. The fourth-order valence-electron chi connectivity index (χ4n) is 6.56. The molecule has 4 N–H and O–H groups in total. The monoisotopic (exact) mass is 795 g/mol. The summed E-state index contributed by atoms with van der Waals surface area (Å²) < 4.78 is 8.91. The van der Waals surface area contributed by atoms with Gasteiger partial charge in [0.15, 0.2) is 5.78 Å². The van der Waals surface area contributed by atoms with Gasteiger partial charge in [-0.25, -0.2) is 0 Å². The molecule has 0 spiro atoms. The van der Waals surface area contributed by atoms with Crippen molar-refractivity contribution < 1.29 is 33.8 Å². The molecule has 2 aromatic rings. The lowest BCUT2D eigenvalue weighted by molar-refractivity contribution is -0.145. The number of carbonyl (C=O) groups is 4. The van der Waals surface area contributed by atoms with Gasteiger partial charge in [0.2, 0.25) is 9.70 Å². The molecule has 1 aliphatic rings. The highest BCUT2D eigenvalue weighted by atomic mass is 35.6. The van der Waals surface area contributed by atoms with Crippen LogP contribution in [-0.4, -0.2) is 69.2 Å². The number of ether oxygens (including phenoxy) is 2. The Labute approximate surface area is 328 Å². The third kappa shape index (κ3) is 14.2. The summed E-state index contributed by atoms with van der Waals surface area (Å²) in [5.41, 5.74) is 7.30. The number of carbonyl (C=O) groups excluding carboxylic acids is 4. The number of ketones is 2. The molecule has 2 heterocycles. The van der Waals surface area contributed by atoms with Crippen molar-refractivity contribution in [2.75, 3.05) is 19.8 Å². The second-order valence-electron chi connectivity index (χ2n) is 14.8. The summed E-state index contributed by atoms with van der Waals surface area (Å²) in [5.74, 6) is -1.35. The standard InChI is InChI=1S/C40H56Cl3N3O7/c1-25(2)31(37(50)45-26(3)35(48)11-9-7-6-8-10-32(44)38(51)53-24-40(41,42)43)15-17-36(49)39(5,30-19-21-52-23-30)20-18-28-12-13-29-14-16-33(27(4)47)46-34(29)22-28/h12-14,16,18,20,22,25-27,30-32,47H,6-11,15,17,19,21,23-24,44H2,1-5H3,(H,45,50). The van der Waals surface area contributed by atoms with Gasteiger partial charge < -0.3 is 25.6 Å². The molecule has 10 nitrogen and oxygen atoms in total. The number of esters is 1. The van der Waals surface area contributed by atoms with E-state index in [0.29, 0.717) is 51.0 Å². The van der Waals surface area contributed by atoms with Gasteiger partial charge in [-0.2, -0.15) is 0 Å². The highest BCUT2D eigenvalue weighted by Gasteiger charge is 2.41. The topological polar surface area (TPSA) is 158 Å². The number of Topliss-reactive ketones (excluding diaryl/α,β-unsaturated/α-hetero) is 2. The van der Waals surface area contributed by atoms with Gasteiger partial charge in [-0.3, -0.25) is 24.2 Å². The number of benzene rings is 1. The summed E-state index contributed by atoms with van der Waals surface area (Å²) in [6.45, 7) is 9.95. The molecule has 13 heteroatoms. The first kappa shape index (κ1) is 44.8. The van der Waals surface area contributed by atoms with E-state index < -0.39 is 39.3 Å². The lowest BCUT2D eigenvalue weighted by atomic mass is 9.71. The van der Waals surface area contributed by atoms with Gasteiger partial charge >= 0.3 is 5.97 Å². The molecule has 53 heavy (non-hydrogen) atoms. The molecule has 1 aliphatic heterocycles. The largest absolute Gasteiger partial charge is 0.460 e. The van der Waals surface area contributed by atoms with Crippen LogP contribution in [0.4, 0.5) is 0 Å². The minimum atomic E-state index is -1.69. The molecule has 1 saturated heterocycles. The molecule has 6 unspecified atom stereocenters. The van der Waals surface area contributed by atoms with Gasteiger partial charge in [0.25, 0.3) is 0 Å². The van der Waals surface area contributed by atoms with Crippen LogP contribution in [0.1, 0.15) is 110 Å². The third-order valence-electron chi connectivity index (χ3n) is 10.2. The number of nitrogens with two attached hydrogens (primary N) is 1. The lowest BCUT2D eigenvalue weighted by Crippen LogP contribution is -2.43. The number of fused-ring (bicyclic) bond motifs is 1. The highest BCUT2D eigenvalue weighted by Crippen LogP contribution is 2.39. The molecule has 0 saturated carbocycles. The maximum atomic E-state index is 14.0. The van der Waals surface area contributed by atoms with Crippen molar-refractivity contribution in [3.8, 4) is 0 Å².